The van der Waals surface area contributed by atoms with E-state index >= 15 is 0 Å². The van der Waals surface area contributed by atoms with E-state index in [9.17, 15) is 0 Å². The molecule has 3 nitrogen and oxygen atoms in total. The summed E-state index contributed by atoms with van der Waals surface area (Å²) in [5, 5.41) is 0. The summed E-state index contributed by atoms with van der Waals surface area (Å²) in [5.41, 5.74) is 7.36. The van der Waals surface area contributed by atoms with E-state index in [1.807, 2.05) is 19.2 Å². The fourth-order valence-electron chi connectivity index (χ4n) is 2.49. The normalized spacial score (nSPS) is 21.1. The summed E-state index contributed by atoms with van der Waals surface area (Å²) in [6.45, 7) is 7.66. The molecule has 3 heteroatoms. The van der Waals surface area contributed by atoms with Gasteiger partial charge in [-0.2, -0.15) is 0 Å². The van der Waals surface area contributed by atoms with E-state index in [2.05, 4.69) is 29.8 Å². The fourth-order valence-corrected chi connectivity index (χ4v) is 2.49. The first-order valence-electron chi connectivity index (χ1n) is 6.00. The summed E-state index contributed by atoms with van der Waals surface area (Å²) in [5.74, 6) is 1.07. The molecule has 1 aromatic rings. The summed E-state index contributed by atoms with van der Waals surface area (Å²) in [7, 11) is 0. The maximum atomic E-state index is 6.00. The van der Waals surface area contributed by atoms with Crippen LogP contribution in [-0.2, 0) is 0 Å². The summed E-state index contributed by atoms with van der Waals surface area (Å²) >= 11 is 0. The largest absolute Gasteiger partial charge is 0.351 e. The van der Waals surface area contributed by atoms with Crippen LogP contribution in [0.3, 0.4) is 0 Å². The van der Waals surface area contributed by atoms with Crippen LogP contribution in [0.15, 0.2) is 18.3 Å². The highest BCUT2D eigenvalue weighted by molar-refractivity contribution is 5.51. The van der Waals surface area contributed by atoms with Crippen LogP contribution in [0.25, 0.3) is 0 Å². The molecule has 0 amide bonds. The molecule has 0 aromatic carbocycles. The van der Waals surface area contributed by atoms with Crippen LogP contribution in [0.5, 0.6) is 0 Å². The van der Waals surface area contributed by atoms with Crippen molar-refractivity contribution in [2.24, 2.45) is 5.73 Å². The summed E-state index contributed by atoms with van der Waals surface area (Å²) < 4.78 is 0. The van der Waals surface area contributed by atoms with Crippen molar-refractivity contribution >= 4 is 5.82 Å². The maximum Gasteiger partial charge on any atom is 0.133 e. The van der Waals surface area contributed by atoms with E-state index < -0.39 is 0 Å². The molecule has 2 rings (SSSR count). The molecule has 88 valence electrons. The van der Waals surface area contributed by atoms with Gasteiger partial charge >= 0.3 is 0 Å². The third-order valence-electron chi connectivity index (χ3n) is 3.46. The first-order chi connectivity index (χ1) is 7.52. The molecule has 1 fully saturated rings. The van der Waals surface area contributed by atoms with Crippen LogP contribution in [0.2, 0.25) is 0 Å². The van der Waals surface area contributed by atoms with Gasteiger partial charge in [-0.3, -0.25) is 0 Å². The second-order valence-electron chi connectivity index (χ2n) is 5.27. The van der Waals surface area contributed by atoms with E-state index in [0.717, 1.165) is 17.9 Å². The van der Waals surface area contributed by atoms with Gasteiger partial charge in [-0.25, -0.2) is 4.98 Å². The molecule has 2 N–H and O–H groups in total. The number of aromatic nitrogens is 1. The van der Waals surface area contributed by atoms with Crippen LogP contribution in [0, 0.1) is 0 Å². The Hall–Kier alpha value is -1.09. The Labute approximate surface area is 97.7 Å². The van der Waals surface area contributed by atoms with Gasteiger partial charge in [0.2, 0.25) is 0 Å². The van der Waals surface area contributed by atoms with E-state index in [-0.39, 0.29) is 11.6 Å². The van der Waals surface area contributed by atoms with E-state index in [1.165, 1.54) is 12.8 Å². The number of pyridine rings is 1. The molecule has 1 atom stereocenters. The Balaban J connectivity index is 2.40. The zero-order chi connectivity index (χ0) is 11.8. The predicted molar refractivity (Wildman–Crippen MR) is 67.5 cm³/mol. The van der Waals surface area contributed by atoms with Crippen molar-refractivity contribution in [1.82, 2.24) is 4.98 Å². The first-order valence-corrected chi connectivity index (χ1v) is 6.00. The Morgan fingerprint density at radius 3 is 2.81 bits per heavy atom. The van der Waals surface area contributed by atoms with E-state index in [0.29, 0.717) is 0 Å². The molecule has 16 heavy (non-hydrogen) atoms. The van der Waals surface area contributed by atoms with Crippen molar-refractivity contribution in [3.8, 4) is 0 Å². The van der Waals surface area contributed by atoms with Crippen LogP contribution in [0.4, 0.5) is 5.82 Å². The molecule has 2 heterocycles. The number of rotatable bonds is 2. The monoisotopic (exact) mass is 219 g/mol. The molecule has 1 aromatic heterocycles. The fraction of sp³-hybridized carbons (Fsp3) is 0.615. The van der Waals surface area contributed by atoms with Gasteiger partial charge in [0, 0.05) is 29.9 Å². The van der Waals surface area contributed by atoms with Crippen LogP contribution < -0.4 is 10.6 Å². The summed E-state index contributed by atoms with van der Waals surface area (Å²) in [6.07, 6.45) is 4.32. The number of hydrogen-bond acceptors (Lipinski definition) is 3. The lowest BCUT2D eigenvalue weighted by molar-refractivity contribution is 0.512. The number of nitrogens with zero attached hydrogens (tertiary/aromatic N) is 2. The molecule has 0 aliphatic carbocycles. The van der Waals surface area contributed by atoms with E-state index in [1.54, 1.807) is 0 Å². The molecule has 1 aliphatic heterocycles. The Kier molecular flexibility index (Phi) is 2.89. The van der Waals surface area contributed by atoms with Gasteiger partial charge in [0.1, 0.15) is 5.82 Å². The van der Waals surface area contributed by atoms with Gasteiger partial charge in [-0.15, -0.1) is 0 Å². The van der Waals surface area contributed by atoms with Crippen molar-refractivity contribution < 1.29 is 0 Å². The number of nitrogens with two attached hydrogens (primary N) is 1. The smallest absolute Gasteiger partial charge is 0.133 e. The molecule has 1 aliphatic rings. The van der Waals surface area contributed by atoms with Gasteiger partial charge in [-0.1, -0.05) is 6.07 Å². The molecular formula is C13H21N3. The van der Waals surface area contributed by atoms with Crippen LogP contribution in [-0.4, -0.2) is 17.1 Å². The second kappa shape index (κ2) is 4.06. The minimum atomic E-state index is 0.0418. The molecular weight excluding hydrogens is 198 g/mol. The number of hydrogen-bond donors (Lipinski definition) is 1. The first kappa shape index (κ1) is 11.4. The summed E-state index contributed by atoms with van der Waals surface area (Å²) in [6, 6.07) is 4.09. The van der Waals surface area contributed by atoms with Crippen molar-refractivity contribution in [2.45, 2.75) is 45.2 Å². The quantitative estimate of drug-likeness (QED) is 0.831. The van der Waals surface area contributed by atoms with Crippen molar-refractivity contribution in [3.05, 3.63) is 23.9 Å². The van der Waals surface area contributed by atoms with Crippen molar-refractivity contribution in [1.29, 1.82) is 0 Å². The average molecular weight is 219 g/mol. The van der Waals surface area contributed by atoms with Gasteiger partial charge in [0.15, 0.2) is 0 Å². The second-order valence-corrected chi connectivity index (χ2v) is 5.27. The van der Waals surface area contributed by atoms with Gasteiger partial charge < -0.3 is 10.6 Å². The summed E-state index contributed by atoms with van der Waals surface area (Å²) in [4.78, 5) is 6.92. The molecule has 0 radical (unpaired) electrons. The predicted octanol–water partition coefficient (Wildman–Crippen LogP) is 2.48. The Bertz CT molecular complexity index is 371. The Morgan fingerprint density at radius 2 is 2.25 bits per heavy atom. The molecule has 1 saturated heterocycles. The van der Waals surface area contributed by atoms with Crippen LogP contribution in [0.1, 0.15) is 45.2 Å². The third kappa shape index (κ3) is 1.92. The highest BCUT2D eigenvalue weighted by Crippen LogP contribution is 2.35. The highest BCUT2D eigenvalue weighted by atomic mass is 15.3. The molecule has 0 bridgehead atoms. The maximum absolute atomic E-state index is 6.00. The SMILES string of the molecule is C[C@@H](N)c1cccnc1N1CCCC1(C)C. The standard InChI is InChI=1S/C13H21N3/c1-10(14)11-6-4-8-15-12(11)16-9-5-7-13(16,2)3/h4,6,8,10H,5,7,9,14H2,1-3H3/t10-/m1/s1. The van der Waals surface area contributed by atoms with Crippen LogP contribution >= 0.6 is 0 Å². The molecule has 0 spiro atoms. The lowest BCUT2D eigenvalue weighted by Crippen LogP contribution is -2.39. The van der Waals surface area contributed by atoms with Gasteiger partial charge in [-0.05, 0) is 39.7 Å². The van der Waals surface area contributed by atoms with Crippen molar-refractivity contribution in [2.75, 3.05) is 11.4 Å². The molecule has 0 saturated carbocycles. The van der Waals surface area contributed by atoms with Crippen molar-refractivity contribution in [3.63, 3.8) is 0 Å². The Morgan fingerprint density at radius 1 is 1.50 bits per heavy atom. The van der Waals surface area contributed by atoms with Gasteiger partial charge in [0.25, 0.3) is 0 Å². The third-order valence-corrected chi connectivity index (χ3v) is 3.46. The number of anilines is 1. The topological polar surface area (TPSA) is 42.1 Å². The lowest BCUT2D eigenvalue weighted by Gasteiger charge is -2.34. The van der Waals surface area contributed by atoms with Gasteiger partial charge in [0.05, 0.1) is 0 Å². The zero-order valence-corrected chi connectivity index (χ0v) is 10.4. The minimum Gasteiger partial charge on any atom is -0.351 e. The lowest BCUT2D eigenvalue weighted by atomic mass is 10.0. The molecule has 0 unspecified atom stereocenters. The minimum absolute atomic E-state index is 0.0418. The zero-order valence-electron chi connectivity index (χ0n) is 10.4. The average Bonchev–Trinajstić information content (AvgIpc) is 2.58. The van der Waals surface area contributed by atoms with E-state index in [4.69, 9.17) is 5.73 Å². The highest BCUT2D eigenvalue weighted by Gasteiger charge is 2.34.